The number of amides is 1. The molecule has 7 nitrogen and oxygen atoms in total. The number of aliphatic hydroxyl groups is 1. The van der Waals surface area contributed by atoms with Gasteiger partial charge in [0.05, 0.1) is 5.57 Å². The van der Waals surface area contributed by atoms with Crippen molar-refractivity contribution < 1.29 is 19.1 Å². The number of aliphatic hydroxyl groups excluding tert-OH is 1. The Morgan fingerprint density at radius 2 is 1.90 bits per heavy atom. The first-order chi connectivity index (χ1) is 15.0. The Bertz CT molecular complexity index is 1330. The SMILES string of the molecule is Cc1ccc(C2/C(=C(/O)c3c[nH]c4ccccc34)C(=O)C(=O)N2Cc2ccncc2)o1. The van der Waals surface area contributed by atoms with Gasteiger partial charge in [0.15, 0.2) is 0 Å². The molecule has 1 aromatic carbocycles. The minimum absolute atomic E-state index is 0.0122. The summed E-state index contributed by atoms with van der Waals surface area (Å²) in [5.74, 6) is -0.580. The van der Waals surface area contributed by atoms with Crippen LogP contribution in [0.5, 0.6) is 0 Å². The first kappa shape index (κ1) is 18.9. The number of aromatic amines is 1. The first-order valence-corrected chi connectivity index (χ1v) is 9.84. The lowest BCUT2D eigenvalue weighted by Crippen LogP contribution is -2.29. The third kappa shape index (κ3) is 3.11. The number of carbonyl (C=O) groups is 2. The zero-order valence-corrected chi connectivity index (χ0v) is 16.7. The van der Waals surface area contributed by atoms with Crippen molar-refractivity contribution >= 4 is 28.4 Å². The number of nitrogens with zero attached hydrogens (tertiary/aromatic N) is 2. The number of hydrogen-bond donors (Lipinski definition) is 2. The van der Waals surface area contributed by atoms with E-state index in [0.29, 0.717) is 17.1 Å². The number of benzene rings is 1. The van der Waals surface area contributed by atoms with Crippen LogP contribution >= 0.6 is 0 Å². The Kier molecular flexibility index (Phi) is 4.43. The molecule has 0 radical (unpaired) electrons. The van der Waals surface area contributed by atoms with Crippen molar-refractivity contribution in [2.24, 2.45) is 0 Å². The van der Waals surface area contributed by atoms with Gasteiger partial charge in [-0.25, -0.2) is 0 Å². The second-order valence-electron chi connectivity index (χ2n) is 7.48. The van der Waals surface area contributed by atoms with E-state index in [1.165, 1.54) is 4.90 Å². The molecule has 1 unspecified atom stereocenters. The van der Waals surface area contributed by atoms with E-state index in [1.807, 2.05) is 24.3 Å². The quantitative estimate of drug-likeness (QED) is 0.298. The highest BCUT2D eigenvalue weighted by Crippen LogP contribution is 2.41. The van der Waals surface area contributed by atoms with Gasteiger partial charge < -0.3 is 19.4 Å². The van der Waals surface area contributed by atoms with Crippen LogP contribution in [-0.2, 0) is 16.1 Å². The van der Waals surface area contributed by atoms with Gasteiger partial charge in [0.2, 0.25) is 0 Å². The largest absolute Gasteiger partial charge is 0.507 e. The van der Waals surface area contributed by atoms with Gasteiger partial charge in [-0.1, -0.05) is 18.2 Å². The van der Waals surface area contributed by atoms with Crippen LogP contribution in [0.25, 0.3) is 16.7 Å². The summed E-state index contributed by atoms with van der Waals surface area (Å²) in [7, 11) is 0. The molecule has 4 heterocycles. The van der Waals surface area contributed by atoms with Gasteiger partial charge in [-0.05, 0) is 42.8 Å². The summed E-state index contributed by atoms with van der Waals surface area (Å²) in [5.41, 5.74) is 2.11. The van der Waals surface area contributed by atoms with E-state index in [-0.39, 0.29) is 17.9 Å². The summed E-state index contributed by atoms with van der Waals surface area (Å²) in [4.78, 5) is 34.6. The van der Waals surface area contributed by atoms with Crippen LogP contribution in [0.1, 0.15) is 28.7 Å². The molecule has 0 saturated carbocycles. The number of rotatable bonds is 4. The average Bonchev–Trinajstić information content (AvgIpc) is 3.47. The smallest absolute Gasteiger partial charge is 0.296 e. The molecule has 1 aliphatic rings. The van der Waals surface area contributed by atoms with Crippen LogP contribution in [0, 0.1) is 6.92 Å². The maximum absolute atomic E-state index is 13.1. The number of nitrogens with one attached hydrogen (secondary N) is 1. The number of H-pyrrole nitrogens is 1. The van der Waals surface area contributed by atoms with E-state index in [2.05, 4.69) is 9.97 Å². The van der Waals surface area contributed by atoms with E-state index in [9.17, 15) is 14.7 Å². The van der Waals surface area contributed by atoms with Crippen LogP contribution < -0.4 is 0 Å². The maximum atomic E-state index is 13.1. The Balaban J connectivity index is 1.68. The lowest BCUT2D eigenvalue weighted by molar-refractivity contribution is -0.140. The van der Waals surface area contributed by atoms with Crippen LogP contribution in [0.3, 0.4) is 0 Å². The molecule has 5 rings (SSSR count). The zero-order valence-electron chi connectivity index (χ0n) is 16.7. The van der Waals surface area contributed by atoms with Crippen molar-refractivity contribution in [1.29, 1.82) is 0 Å². The molecule has 0 aliphatic carbocycles. The fourth-order valence-corrected chi connectivity index (χ4v) is 4.04. The van der Waals surface area contributed by atoms with Gasteiger partial charge >= 0.3 is 0 Å². The Labute approximate surface area is 177 Å². The molecule has 1 atom stereocenters. The van der Waals surface area contributed by atoms with E-state index < -0.39 is 17.7 Å². The summed E-state index contributed by atoms with van der Waals surface area (Å²) in [6, 6.07) is 13.7. The lowest BCUT2D eigenvalue weighted by Gasteiger charge is -2.23. The molecule has 1 aliphatic heterocycles. The van der Waals surface area contributed by atoms with Gasteiger partial charge in [-0.15, -0.1) is 0 Å². The van der Waals surface area contributed by atoms with Crippen LogP contribution in [0.2, 0.25) is 0 Å². The van der Waals surface area contributed by atoms with Crippen molar-refractivity contribution in [2.45, 2.75) is 19.5 Å². The van der Waals surface area contributed by atoms with E-state index in [0.717, 1.165) is 16.5 Å². The maximum Gasteiger partial charge on any atom is 0.296 e. The molecule has 1 fully saturated rings. The van der Waals surface area contributed by atoms with Gasteiger partial charge in [0.25, 0.3) is 11.7 Å². The number of pyridine rings is 1. The Morgan fingerprint density at radius 1 is 1.13 bits per heavy atom. The van der Waals surface area contributed by atoms with Crippen molar-refractivity contribution in [1.82, 2.24) is 14.9 Å². The standard InChI is InChI=1S/C24H19N3O4/c1-14-6-7-19(31-14)21-20(22(28)17-12-26-18-5-3-2-4-16(17)18)23(29)24(30)27(21)13-15-8-10-25-11-9-15/h2-12,21,26,28H,13H2,1H3/b22-20-. The molecule has 2 N–H and O–H groups in total. The van der Waals surface area contributed by atoms with Crippen LogP contribution in [0.4, 0.5) is 0 Å². The number of carbonyl (C=O) groups excluding carboxylic acids is 2. The number of furan rings is 1. The monoisotopic (exact) mass is 413 g/mol. The minimum Gasteiger partial charge on any atom is -0.507 e. The third-order valence-electron chi connectivity index (χ3n) is 5.52. The van der Waals surface area contributed by atoms with Crippen LogP contribution in [-0.4, -0.2) is 31.7 Å². The number of aryl methyl sites for hydroxylation is 1. The fourth-order valence-electron chi connectivity index (χ4n) is 4.04. The number of hydrogen-bond acceptors (Lipinski definition) is 5. The number of ketones is 1. The second kappa shape index (κ2) is 7.28. The van der Waals surface area contributed by atoms with Gasteiger partial charge in [0.1, 0.15) is 23.3 Å². The van der Waals surface area contributed by atoms with Crippen molar-refractivity contribution in [3.05, 3.63) is 95.3 Å². The predicted molar refractivity (Wildman–Crippen MR) is 114 cm³/mol. The van der Waals surface area contributed by atoms with Gasteiger partial charge in [-0.3, -0.25) is 14.6 Å². The molecule has 1 saturated heterocycles. The van der Waals surface area contributed by atoms with E-state index in [1.54, 1.807) is 49.8 Å². The summed E-state index contributed by atoms with van der Waals surface area (Å²) < 4.78 is 5.81. The van der Waals surface area contributed by atoms with Crippen LogP contribution in [0.15, 0.2) is 77.1 Å². The van der Waals surface area contributed by atoms with Crippen molar-refractivity contribution in [3.63, 3.8) is 0 Å². The minimum atomic E-state index is -0.837. The number of aromatic nitrogens is 2. The molecular formula is C24H19N3O4. The van der Waals surface area contributed by atoms with Gasteiger partial charge in [0, 0.05) is 41.6 Å². The molecule has 1 amide bonds. The molecule has 3 aromatic heterocycles. The van der Waals surface area contributed by atoms with Crippen molar-refractivity contribution in [3.8, 4) is 0 Å². The predicted octanol–water partition coefficient (Wildman–Crippen LogP) is 4.09. The topological polar surface area (TPSA) is 99.4 Å². The number of Topliss-reactive ketones (excluding diaryl/α,β-unsaturated/α-hetero) is 1. The fraction of sp³-hybridized carbons (Fsp3) is 0.125. The average molecular weight is 413 g/mol. The number of fused-ring (bicyclic) bond motifs is 1. The molecule has 4 aromatic rings. The number of para-hydroxylation sites is 1. The normalized spacial score (nSPS) is 18.2. The summed E-state index contributed by atoms with van der Waals surface area (Å²) in [5, 5.41) is 12.0. The molecular weight excluding hydrogens is 394 g/mol. The van der Waals surface area contributed by atoms with Crippen molar-refractivity contribution in [2.75, 3.05) is 0 Å². The summed E-state index contributed by atoms with van der Waals surface area (Å²) >= 11 is 0. The molecule has 154 valence electrons. The van der Waals surface area contributed by atoms with E-state index >= 15 is 0 Å². The third-order valence-corrected chi connectivity index (χ3v) is 5.52. The number of likely N-dealkylation sites (tertiary alicyclic amines) is 1. The zero-order chi connectivity index (χ0) is 21.5. The highest BCUT2D eigenvalue weighted by atomic mass is 16.3. The lowest BCUT2D eigenvalue weighted by atomic mass is 9.99. The molecule has 0 bridgehead atoms. The molecule has 31 heavy (non-hydrogen) atoms. The highest BCUT2D eigenvalue weighted by molar-refractivity contribution is 6.46. The van der Waals surface area contributed by atoms with E-state index in [4.69, 9.17) is 4.42 Å². The summed E-state index contributed by atoms with van der Waals surface area (Å²) in [6.07, 6.45) is 4.90. The highest BCUT2D eigenvalue weighted by Gasteiger charge is 2.47. The molecule has 0 spiro atoms. The van der Waals surface area contributed by atoms with Gasteiger partial charge in [-0.2, -0.15) is 0 Å². The molecule has 7 heteroatoms. The second-order valence-corrected chi connectivity index (χ2v) is 7.48. The Morgan fingerprint density at radius 3 is 2.65 bits per heavy atom. The Hall–Kier alpha value is -4.13. The summed E-state index contributed by atoms with van der Waals surface area (Å²) in [6.45, 7) is 1.97. The first-order valence-electron chi connectivity index (χ1n) is 9.84.